The Balaban J connectivity index is 2.92. The van der Waals surface area contributed by atoms with Crippen molar-refractivity contribution in [2.45, 2.75) is 26.3 Å². The Kier molecular flexibility index (Phi) is 0.493. The molecule has 0 aromatic rings. The van der Waals surface area contributed by atoms with Crippen LogP contribution >= 0.6 is 0 Å². The molecule has 1 atom stereocenters. The van der Waals surface area contributed by atoms with E-state index in [1.54, 1.807) is 6.92 Å². The summed E-state index contributed by atoms with van der Waals surface area (Å²) < 4.78 is 26.9. The standard InChI is InChI=1S/C6H10O/c1-5-3-4-6(2)7-5/h3,6H,4H2,1-2H3/i4D2,6D. The van der Waals surface area contributed by atoms with Gasteiger partial charge in [0.2, 0.25) is 0 Å². The van der Waals surface area contributed by atoms with Gasteiger partial charge in [-0.05, 0) is 19.9 Å². The highest BCUT2D eigenvalue weighted by molar-refractivity contribution is 4.96. The van der Waals surface area contributed by atoms with Gasteiger partial charge in [-0.25, -0.2) is 0 Å². The highest BCUT2D eigenvalue weighted by Crippen LogP contribution is 2.14. The second kappa shape index (κ2) is 1.57. The van der Waals surface area contributed by atoms with Crippen LogP contribution in [0, 0.1) is 0 Å². The maximum atomic E-state index is 7.37. The van der Waals surface area contributed by atoms with Gasteiger partial charge in [-0.2, -0.15) is 0 Å². The van der Waals surface area contributed by atoms with Gasteiger partial charge in [0.15, 0.2) is 0 Å². The molecule has 1 heteroatoms. The van der Waals surface area contributed by atoms with E-state index in [1.807, 2.05) is 0 Å². The summed E-state index contributed by atoms with van der Waals surface area (Å²) in [6.07, 6.45) is -1.77. The molecule has 40 valence electrons. The lowest BCUT2D eigenvalue weighted by Crippen LogP contribution is -1.96. The lowest BCUT2D eigenvalue weighted by Gasteiger charge is -2.01. The fraction of sp³-hybridized carbons (Fsp3) is 0.667. The number of hydrogen-bond acceptors (Lipinski definition) is 1. The van der Waals surface area contributed by atoms with Crippen molar-refractivity contribution in [3.8, 4) is 0 Å². The van der Waals surface area contributed by atoms with Crippen LogP contribution in [-0.2, 0) is 4.74 Å². The third-order valence-electron chi connectivity index (χ3n) is 0.793. The van der Waals surface area contributed by atoms with Crippen molar-refractivity contribution < 1.29 is 8.85 Å². The van der Waals surface area contributed by atoms with Crippen molar-refractivity contribution in [2.75, 3.05) is 0 Å². The first-order valence-corrected chi connectivity index (χ1v) is 2.24. The zero-order valence-electron chi connectivity index (χ0n) is 7.49. The summed E-state index contributed by atoms with van der Waals surface area (Å²) in [6, 6.07) is 0. The molecule has 1 rings (SSSR count). The van der Waals surface area contributed by atoms with Crippen LogP contribution in [0.5, 0.6) is 0 Å². The average Bonchev–Trinajstić information content (AvgIpc) is 1.73. The lowest BCUT2D eigenvalue weighted by atomic mass is 10.3. The molecule has 0 fully saturated rings. The minimum atomic E-state index is -1.66. The van der Waals surface area contributed by atoms with E-state index in [1.165, 1.54) is 13.0 Å². The Bertz CT molecular complexity index is 183. The molecule has 1 aliphatic heterocycles. The van der Waals surface area contributed by atoms with Crippen LogP contribution in [0.25, 0.3) is 0 Å². The second-order valence-electron chi connectivity index (χ2n) is 1.56. The van der Waals surface area contributed by atoms with Crippen LogP contribution in [0.15, 0.2) is 11.8 Å². The molecular weight excluding hydrogens is 88.1 g/mol. The predicted molar refractivity (Wildman–Crippen MR) is 28.9 cm³/mol. The van der Waals surface area contributed by atoms with Crippen molar-refractivity contribution in [2.24, 2.45) is 0 Å². The van der Waals surface area contributed by atoms with E-state index in [-0.39, 0.29) is 0 Å². The van der Waals surface area contributed by atoms with Crippen LogP contribution in [0.3, 0.4) is 0 Å². The Labute approximate surface area is 48.2 Å². The number of allylic oxidation sites excluding steroid dienone is 1. The van der Waals surface area contributed by atoms with Gasteiger partial charge < -0.3 is 4.74 Å². The summed E-state index contributed by atoms with van der Waals surface area (Å²) in [7, 11) is 0. The summed E-state index contributed by atoms with van der Waals surface area (Å²) >= 11 is 0. The third kappa shape index (κ3) is 0.952. The van der Waals surface area contributed by atoms with E-state index in [0.29, 0.717) is 5.76 Å². The van der Waals surface area contributed by atoms with Crippen LogP contribution in [-0.4, -0.2) is 6.08 Å². The summed E-state index contributed by atoms with van der Waals surface area (Å²) in [6.45, 7) is 3.07. The molecule has 0 radical (unpaired) electrons. The molecule has 0 spiro atoms. The van der Waals surface area contributed by atoms with Crippen molar-refractivity contribution in [1.82, 2.24) is 0 Å². The van der Waals surface area contributed by atoms with Gasteiger partial charge in [-0.3, -0.25) is 0 Å². The monoisotopic (exact) mass is 101 g/mol. The van der Waals surface area contributed by atoms with E-state index < -0.39 is 12.5 Å². The highest BCUT2D eigenvalue weighted by atomic mass is 16.5. The first kappa shape index (κ1) is 2.21. The fourth-order valence-electron chi connectivity index (χ4n) is 0.504. The predicted octanol–water partition coefficient (Wildman–Crippen LogP) is 1.70. The minimum absolute atomic E-state index is 0.488. The Morgan fingerprint density at radius 1 is 2.29 bits per heavy atom. The van der Waals surface area contributed by atoms with Gasteiger partial charge in [0.05, 0.1) is 13.2 Å². The van der Waals surface area contributed by atoms with E-state index in [0.717, 1.165) is 0 Å². The van der Waals surface area contributed by atoms with Gasteiger partial charge in [0, 0.05) is 9.11 Å². The molecule has 0 saturated heterocycles. The zero-order chi connectivity index (χ0) is 7.99. The van der Waals surface area contributed by atoms with Crippen molar-refractivity contribution in [3.63, 3.8) is 0 Å². The van der Waals surface area contributed by atoms with E-state index in [9.17, 15) is 0 Å². The third-order valence-corrected chi connectivity index (χ3v) is 0.793. The first-order chi connectivity index (χ1) is 4.35. The molecule has 0 aromatic carbocycles. The molecule has 1 aliphatic rings. The van der Waals surface area contributed by atoms with Crippen molar-refractivity contribution in [1.29, 1.82) is 0 Å². The van der Waals surface area contributed by atoms with E-state index >= 15 is 0 Å². The Morgan fingerprint density at radius 3 is 3.14 bits per heavy atom. The van der Waals surface area contributed by atoms with Gasteiger partial charge >= 0.3 is 0 Å². The lowest BCUT2D eigenvalue weighted by molar-refractivity contribution is 0.162. The second-order valence-corrected chi connectivity index (χ2v) is 1.56. The number of rotatable bonds is 0. The molecule has 0 aliphatic carbocycles. The topological polar surface area (TPSA) is 9.23 Å². The minimum Gasteiger partial charge on any atom is -0.495 e. The van der Waals surface area contributed by atoms with Crippen LogP contribution < -0.4 is 0 Å². The summed E-state index contributed by atoms with van der Waals surface area (Å²) in [5.41, 5.74) is 0. The fourth-order valence-corrected chi connectivity index (χ4v) is 0.504. The number of hydrogen-bond donors (Lipinski definition) is 0. The molecule has 1 heterocycles. The summed E-state index contributed by atoms with van der Waals surface area (Å²) in [5.74, 6) is 0.488. The van der Waals surface area contributed by atoms with Crippen LogP contribution in [0.2, 0.25) is 0 Å². The molecule has 0 aromatic heterocycles. The first-order valence-electron chi connectivity index (χ1n) is 3.74. The van der Waals surface area contributed by atoms with Crippen molar-refractivity contribution >= 4 is 0 Å². The smallest absolute Gasteiger partial charge is 0.0989 e. The van der Waals surface area contributed by atoms with Gasteiger partial charge in [0.25, 0.3) is 0 Å². The highest BCUT2D eigenvalue weighted by Gasteiger charge is 2.07. The van der Waals surface area contributed by atoms with Crippen molar-refractivity contribution in [3.05, 3.63) is 11.8 Å². The summed E-state index contributed by atoms with van der Waals surface area (Å²) in [4.78, 5) is 0. The molecule has 0 amide bonds. The van der Waals surface area contributed by atoms with E-state index in [4.69, 9.17) is 8.85 Å². The Morgan fingerprint density at radius 2 is 3.00 bits per heavy atom. The zero-order valence-corrected chi connectivity index (χ0v) is 4.49. The normalized spacial score (nSPS) is 53.4. The van der Waals surface area contributed by atoms with Gasteiger partial charge in [-0.1, -0.05) is 0 Å². The summed E-state index contributed by atoms with van der Waals surface area (Å²) in [5, 5.41) is 0. The molecule has 1 unspecified atom stereocenters. The molecule has 0 N–H and O–H groups in total. The molecule has 7 heavy (non-hydrogen) atoms. The van der Waals surface area contributed by atoms with Gasteiger partial charge in [-0.15, -0.1) is 0 Å². The SMILES string of the molecule is [2H]C1([2H])C=C(C)OC1([2H])C. The molecule has 0 bridgehead atoms. The molecule has 1 nitrogen and oxygen atoms in total. The molecular formula is C6H10O. The van der Waals surface area contributed by atoms with E-state index in [2.05, 4.69) is 0 Å². The maximum Gasteiger partial charge on any atom is 0.0989 e. The average molecular weight is 101 g/mol. The Hall–Kier alpha value is -0.460. The van der Waals surface area contributed by atoms with Crippen LogP contribution in [0.1, 0.15) is 24.3 Å². The van der Waals surface area contributed by atoms with Gasteiger partial charge in [0.1, 0.15) is 0 Å². The van der Waals surface area contributed by atoms with Crippen LogP contribution in [0.4, 0.5) is 0 Å². The quantitative estimate of drug-likeness (QED) is 0.451. The number of ether oxygens (including phenoxy) is 1. The molecule has 0 saturated carbocycles. The largest absolute Gasteiger partial charge is 0.495 e. The maximum absolute atomic E-state index is 7.37.